The number of anilines is 9. The Hall–Kier alpha value is -13.9. The highest BCUT2D eigenvalue weighted by Crippen LogP contribution is 2.45. The Labute approximate surface area is 822 Å². The molecule has 6 amide bonds. The van der Waals surface area contributed by atoms with Gasteiger partial charge in [0.15, 0.2) is 40.6 Å². The van der Waals surface area contributed by atoms with Crippen LogP contribution in [0, 0.1) is 78.9 Å². The van der Waals surface area contributed by atoms with Crippen LogP contribution in [0.2, 0.25) is 0 Å². The molecule has 0 aliphatic carbocycles. The number of urea groups is 3. The van der Waals surface area contributed by atoms with Crippen molar-refractivity contribution in [3.63, 3.8) is 0 Å². The van der Waals surface area contributed by atoms with E-state index in [-0.39, 0.29) is 98.7 Å². The summed E-state index contributed by atoms with van der Waals surface area (Å²) in [7, 11) is -7.02. The minimum Gasteiger partial charge on any atom is -0.495 e. The average Bonchev–Trinajstić information content (AvgIpc) is 1.09. The number of nitrogens with zero attached hydrogens (tertiary/aromatic N) is 12. The van der Waals surface area contributed by atoms with Crippen molar-refractivity contribution < 1.29 is 161 Å². The fraction of sp³-hybridized carbons (Fsp3) is 0.267. The van der Waals surface area contributed by atoms with Crippen LogP contribution in [0.4, 0.5) is 137 Å². The van der Waals surface area contributed by atoms with E-state index in [4.69, 9.17) is 39.0 Å². The number of alkyl halides is 6. The summed E-state index contributed by atoms with van der Waals surface area (Å²) in [6.07, 6.45) is -3.50. The van der Waals surface area contributed by atoms with Gasteiger partial charge in [0.05, 0.1) is 53.5 Å². The van der Waals surface area contributed by atoms with Crippen LogP contribution in [0.1, 0.15) is 79.0 Å². The quantitative estimate of drug-likeness (QED) is 0.0138. The number of amides is 6. The van der Waals surface area contributed by atoms with Crippen molar-refractivity contribution in [2.75, 3.05) is 72.3 Å². The minimum absolute atomic E-state index is 0.0179. The zero-order valence-corrected chi connectivity index (χ0v) is 83.3. The molecule has 12 rings (SSSR count). The Kier molecular flexibility index (Phi) is 36.4. The van der Waals surface area contributed by atoms with Gasteiger partial charge in [-0.1, -0.05) is 27.6 Å². The molecule has 0 unspecified atom stereocenters. The lowest BCUT2D eigenvalue weighted by Gasteiger charge is -2.36. The van der Waals surface area contributed by atoms with Gasteiger partial charge in [0.2, 0.25) is 34.8 Å². The molecule has 0 aliphatic heterocycles. The van der Waals surface area contributed by atoms with Crippen LogP contribution >= 0.6 is 31.9 Å². The first-order chi connectivity index (χ1) is 66.1. The van der Waals surface area contributed by atoms with Crippen LogP contribution in [-0.4, -0.2) is 177 Å². The molecule has 0 fully saturated rings. The van der Waals surface area contributed by atoms with Gasteiger partial charge in [0.25, 0.3) is 20.0 Å². The maximum atomic E-state index is 15.7. The predicted octanol–water partition coefficient (Wildman–Crippen LogP) is 19.5. The van der Waals surface area contributed by atoms with Crippen molar-refractivity contribution in [2.24, 2.45) is 0 Å². The number of benzene rings is 6. The molecule has 0 bridgehead atoms. The number of aryl methyl sites for hydroxylation is 3. The monoisotopic (exact) mass is 2220 g/mol. The highest BCUT2D eigenvalue weighted by atomic mass is 79.9. The third-order valence-corrected chi connectivity index (χ3v) is 24.8. The SMILES string of the molecule is COc1cc(-c2ccc(F)c(OC(F)(F)F)c2)c(F)cc1N(C(=O)N(C)C(C)(C)C)c1ccc(S(=O)(=O)Nc2nocc2C)cn1.COc1cc(Br)c(F)cc1N(C(=O)N(C)C(C)(C)C)c1ccc(S(=O)(=O)Nc2nocc2C)cn1.COc1cc(Br)c(F)cc1N(C(=O)N(C)C(C)(C)C)c1ccc(S(=O)(=O)Oc2c(F)c(F)c(F)c(F)c2F)cn1.Cc1conc1N.OB(O)c1ccc(F)c(OC(F)(F)F)c1. The third kappa shape index (κ3) is 28.5. The lowest BCUT2D eigenvalue weighted by Crippen LogP contribution is -2.48. The molecule has 12 aromatic rings. The summed E-state index contributed by atoms with van der Waals surface area (Å²) in [6.45, 7) is 20.9. The number of rotatable bonds is 22. The Morgan fingerprint density at radius 2 is 0.762 bits per heavy atom. The second-order valence-corrected chi connectivity index (χ2v) is 39.1. The summed E-state index contributed by atoms with van der Waals surface area (Å²) in [5.41, 5.74) is 3.98. The molecule has 6 N–H and O–H groups in total. The maximum absolute atomic E-state index is 15.7. The molecule has 143 heavy (non-hydrogen) atoms. The number of methoxy groups -OCH3 is 3. The van der Waals surface area contributed by atoms with Gasteiger partial charge in [-0.25, -0.2) is 96.0 Å². The summed E-state index contributed by atoms with van der Waals surface area (Å²) in [5.74, 6) is -21.4. The van der Waals surface area contributed by atoms with Gasteiger partial charge in [-0.15, -0.1) is 26.3 Å². The standard InChI is InChI=1S/C29H28F5N5O6S.C24H20BrF6N3O5S.C22H25BrFN5O5S.C7H5BF4O3.C4H6N2O/c1-16-15-44-36-26(16)37-46(41,42)18-8-10-25(35-14-18)39(27(40)38(5)28(2,3)4)22-13-21(31)19(12-24(22)43-6)17-7-9-20(30)23(11-17)45-29(32,33)34;1-24(2,3)33(4)23(35)34(14-9-13(26)12(25)8-15(14)38-5)16-7-6-11(10-32-16)40(36,37)39-22-20(30)18(28)17(27)19(29)21(22)31;1-13-12-34-26-20(13)27-35(31,32)14-7-8-19(25-11-14)29(21(30)28(5)22(2,3)4)17-10-16(24)15(23)9-18(17)33-6;9-5-2-1-4(8(13)14)3-6(5)15-7(10,11)12;1-3-2-7-6-4(3)5/h7-15H,1-6H3,(H,36,37);6-10H,1-5H3;7-12H,1-6H3,(H,26,27);1-3,13-14H;2H,1H3,(H2,5,6). The molecular formula is C86H84BBr2F16N15O20S3. The highest BCUT2D eigenvalue weighted by Gasteiger charge is 2.40. The Bertz CT molecular complexity index is 6950. The number of carbonyl (C=O) groups excluding carboxylic acids is 3. The third-order valence-electron chi connectivity index (χ3n) is 19.7. The first-order valence-electron chi connectivity index (χ1n) is 40.1. The van der Waals surface area contributed by atoms with Crippen molar-refractivity contribution >= 4 is 145 Å². The lowest BCUT2D eigenvalue weighted by molar-refractivity contribution is -0.276. The van der Waals surface area contributed by atoms with Gasteiger partial charge in [-0.3, -0.25) is 9.44 Å². The lowest BCUT2D eigenvalue weighted by atomic mass is 9.80. The smallest absolute Gasteiger partial charge is 0.495 e. The topological polar surface area (TPSA) is 436 Å². The molecule has 6 aromatic heterocycles. The van der Waals surface area contributed by atoms with Crippen LogP contribution in [0.15, 0.2) is 184 Å². The zero-order chi connectivity index (χ0) is 108. The zero-order valence-electron chi connectivity index (χ0n) is 77.6. The number of sulfonamides is 2. The van der Waals surface area contributed by atoms with Gasteiger partial charge in [-0.2, -0.15) is 17.2 Å². The molecule has 0 saturated heterocycles. The largest absolute Gasteiger partial charge is 0.573 e. The van der Waals surface area contributed by atoms with E-state index in [0.29, 0.717) is 47.4 Å². The fourth-order valence-electron chi connectivity index (χ4n) is 11.1. The number of carbonyl (C=O) groups is 3. The number of aromatic nitrogens is 6. The molecule has 6 heterocycles. The van der Waals surface area contributed by atoms with Crippen LogP contribution < -0.4 is 63.2 Å². The van der Waals surface area contributed by atoms with Crippen molar-refractivity contribution in [1.82, 2.24) is 45.1 Å². The molecule has 0 saturated carbocycles. The number of hydrogen-bond donors (Lipinski definition) is 5. The van der Waals surface area contributed by atoms with E-state index in [9.17, 15) is 105 Å². The highest BCUT2D eigenvalue weighted by molar-refractivity contribution is 9.10. The number of hydrogen-bond acceptors (Lipinski definition) is 27. The second-order valence-electron chi connectivity index (χ2n) is 32.5. The summed E-state index contributed by atoms with van der Waals surface area (Å²) in [4.78, 5) is 59.0. The summed E-state index contributed by atoms with van der Waals surface area (Å²) < 4.78 is 336. The molecular weight excluding hydrogens is 2130 g/mol. The second kappa shape index (κ2) is 45.6. The number of nitrogen functional groups attached to an aromatic ring is 1. The Balaban J connectivity index is 0.000000237. The fourth-order valence-corrected chi connectivity index (χ4v) is 14.6. The van der Waals surface area contributed by atoms with Crippen molar-refractivity contribution in [3.8, 4) is 45.6 Å². The summed E-state index contributed by atoms with van der Waals surface area (Å²) >= 11 is 6.13. The van der Waals surface area contributed by atoms with E-state index in [1.807, 2.05) is 27.7 Å². The van der Waals surface area contributed by atoms with Gasteiger partial charge in [0, 0.05) is 90.6 Å². The minimum atomic E-state index is -5.20. The summed E-state index contributed by atoms with van der Waals surface area (Å²) in [5, 5.41) is 27.9. The van der Waals surface area contributed by atoms with E-state index >= 15 is 4.39 Å². The van der Waals surface area contributed by atoms with Crippen molar-refractivity contribution in [1.29, 1.82) is 0 Å². The molecule has 770 valence electrons. The first kappa shape index (κ1) is 114. The number of nitrogens with two attached hydrogens (primary N) is 1. The van der Waals surface area contributed by atoms with Crippen LogP contribution in [-0.2, 0) is 30.2 Å². The molecule has 0 aliphatic rings. The summed E-state index contributed by atoms with van der Waals surface area (Å²) in [6, 6.07) is 16.1. The van der Waals surface area contributed by atoms with Crippen LogP contribution in [0.25, 0.3) is 11.1 Å². The molecule has 57 heteroatoms. The van der Waals surface area contributed by atoms with E-state index < -0.39 is 165 Å². The average molecular weight is 2220 g/mol. The Morgan fingerprint density at radius 1 is 0.427 bits per heavy atom. The molecule has 0 atom stereocenters. The Morgan fingerprint density at radius 3 is 1.07 bits per heavy atom. The number of pyridine rings is 3. The van der Waals surface area contributed by atoms with E-state index in [0.717, 1.165) is 87.3 Å². The number of ether oxygens (including phenoxy) is 5. The maximum Gasteiger partial charge on any atom is 0.573 e. The van der Waals surface area contributed by atoms with Crippen molar-refractivity contribution in [2.45, 2.75) is 127 Å². The predicted molar refractivity (Wildman–Crippen MR) is 491 cm³/mol. The molecule has 6 aromatic carbocycles. The molecule has 0 radical (unpaired) electrons. The van der Waals surface area contributed by atoms with Crippen molar-refractivity contribution in [3.05, 3.63) is 230 Å². The number of halogens is 18. The molecule has 35 nitrogen and oxygen atoms in total. The van der Waals surface area contributed by atoms with Gasteiger partial charge in [0.1, 0.15) is 85.6 Å². The number of nitrogens with one attached hydrogen (secondary N) is 2. The van der Waals surface area contributed by atoms with Gasteiger partial charge >= 0.3 is 48.1 Å². The van der Waals surface area contributed by atoms with E-state index in [1.165, 1.54) is 99.2 Å². The van der Waals surface area contributed by atoms with Crippen LogP contribution in [0.5, 0.6) is 34.5 Å². The van der Waals surface area contributed by atoms with Gasteiger partial charge in [-0.05, 0) is 205 Å². The molecule has 0 spiro atoms. The van der Waals surface area contributed by atoms with Crippen LogP contribution in [0.3, 0.4) is 0 Å². The van der Waals surface area contributed by atoms with Gasteiger partial charge < -0.3 is 71.9 Å². The normalized spacial score (nSPS) is 11.7. The van der Waals surface area contributed by atoms with E-state index in [1.54, 1.807) is 62.4 Å². The van der Waals surface area contributed by atoms with E-state index in [2.05, 4.69) is 89.9 Å². The first-order valence-corrected chi connectivity index (χ1v) is 46.1.